The second-order valence-electron chi connectivity index (χ2n) is 9.57. The molecule has 11 N–H and O–H groups in total. The molecule has 0 atom stereocenters. The zero-order valence-corrected chi connectivity index (χ0v) is 24.2. The van der Waals surface area contributed by atoms with Crippen LogP contribution >= 0.6 is 0 Å². The molecule has 0 aromatic heterocycles. The first-order chi connectivity index (χ1) is 18.7. The van der Waals surface area contributed by atoms with Crippen molar-refractivity contribution in [2.24, 2.45) is 38.8 Å². The van der Waals surface area contributed by atoms with E-state index in [1.54, 1.807) is 4.90 Å². The fourth-order valence-corrected chi connectivity index (χ4v) is 4.01. The Kier molecular flexibility index (Phi) is 22.1. The van der Waals surface area contributed by atoms with Crippen LogP contribution in [0.15, 0.2) is 9.98 Å². The molecular formula is C26H54N10O3. The molecule has 0 radical (unpaired) electrons. The molecule has 13 heteroatoms. The molecule has 0 rings (SSSR count). The van der Waals surface area contributed by atoms with Gasteiger partial charge in [-0.15, -0.1) is 0 Å². The molecule has 3 amide bonds. The second kappa shape index (κ2) is 24.0. The van der Waals surface area contributed by atoms with Crippen molar-refractivity contribution in [3.05, 3.63) is 0 Å². The minimum Gasteiger partial charge on any atom is -0.370 e. The van der Waals surface area contributed by atoms with Crippen LogP contribution < -0.4 is 38.9 Å². The maximum Gasteiger partial charge on any atom is 0.223 e. The van der Waals surface area contributed by atoms with Gasteiger partial charge in [0.05, 0.1) is 0 Å². The van der Waals surface area contributed by atoms with Gasteiger partial charge in [-0.25, -0.2) is 0 Å². The lowest BCUT2D eigenvalue weighted by Crippen LogP contribution is -2.35. The zero-order valence-electron chi connectivity index (χ0n) is 24.2. The van der Waals surface area contributed by atoms with Crippen LogP contribution in [-0.4, -0.2) is 86.9 Å². The van der Waals surface area contributed by atoms with Gasteiger partial charge in [0.1, 0.15) is 0 Å². The highest BCUT2D eigenvalue weighted by Gasteiger charge is 2.16. The summed E-state index contributed by atoms with van der Waals surface area (Å²) in [5, 5.41) is 9.23. The Bertz CT molecular complexity index is 707. The molecule has 0 spiro atoms. The Morgan fingerprint density at radius 2 is 1.23 bits per heavy atom. The minimum atomic E-state index is -0.152. The number of rotatable bonds is 24. The van der Waals surface area contributed by atoms with E-state index < -0.39 is 0 Å². The number of carbonyl (C=O) groups excluding carboxylic acids is 3. The molecule has 39 heavy (non-hydrogen) atoms. The highest BCUT2D eigenvalue weighted by molar-refractivity contribution is 5.83. The Hall–Kier alpha value is -3.09. The number of hydrogen-bond donors (Lipinski definition) is 7. The van der Waals surface area contributed by atoms with Gasteiger partial charge in [0, 0.05) is 58.0 Å². The lowest BCUT2D eigenvalue weighted by Gasteiger charge is -2.22. The molecule has 0 saturated carbocycles. The summed E-state index contributed by atoms with van der Waals surface area (Å²) in [7, 11) is 0. The van der Waals surface area contributed by atoms with E-state index in [1.807, 2.05) is 0 Å². The smallest absolute Gasteiger partial charge is 0.223 e. The van der Waals surface area contributed by atoms with Crippen LogP contribution in [-0.2, 0) is 14.4 Å². The minimum absolute atomic E-state index is 0.0132. The van der Waals surface area contributed by atoms with E-state index in [2.05, 4.69) is 39.8 Å². The van der Waals surface area contributed by atoms with E-state index in [-0.39, 0.29) is 48.4 Å². The molecule has 13 nitrogen and oxygen atoms in total. The molecule has 0 aliphatic rings. The van der Waals surface area contributed by atoms with Gasteiger partial charge in [-0.2, -0.15) is 0 Å². The molecule has 0 fully saturated rings. The van der Waals surface area contributed by atoms with Gasteiger partial charge in [0.15, 0.2) is 11.9 Å². The average Bonchev–Trinajstić information content (AvgIpc) is 2.89. The number of carbonyl (C=O) groups is 3. The summed E-state index contributed by atoms with van der Waals surface area (Å²) in [6.45, 7) is 8.78. The monoisotopic (exact) mass is 554 g/mol. The van der Waals surface area contributed by atoms with E-state index in [1.165, 1.54) is 0 Å². The van der Waals surface area contributed by atoms with Crippen molar-refractivity contribution in [2.45, 2.75) is 78.1 Å². The highest BCUT2D eigenvalue weighted by Crippen LogP contribution is 2.13. The summed E-state index contributed by atoms with van der Waals surface area (Å²) in [4.78, 5) is 46.7. The van der Waals surface area contributed by atoms with E-state index in [9.17, 15) is 14.4 Å². The third kappa shape index (κ3) is 21.5. The SMILES string of the molecule is CCCC(CCC)C(=O)NCCCNCCCNC(=O)CCC(=O)N(CCCN=C(N)N)CCCN=C(N)N. The van der Waals surface area contributed by atoms with E-state index >= 15 is 0 Å². The summed E-state index contributed by atoms with van der Waals surface area (Å²) in [6.07, 6.45) is 7.03. The van der Waals surface area contributed by atoms with Crippen molar-refractivity contribution in [3.8, 4) is 0 Å². The lowest BCUT2D eigenvalue weighted by atomic mass is 9.97. The lowest BCUT2D eigenvalue weighted by molar-refractivity contribution is -0.133. The standard InChI is InChI=1S/C26H54N10O3/c1-3-9-21(10-4-2)24(39)33-16-6-14-31-13-5-15-32-22(37)11-12-23(38)36(19-7-17-34-25(27)28)20-8-18-35-26(29)30/h21,31H,3-20H2,1-2H3,(H,32,37)(H,33,39)(H4,27,28,34)(H4,29,30,35). The molecule has 0 aliphatic carbocycles. The fourth-order valence-electron chi connectivity index (χ4n) is 4.01. The summed E-state index contributed by atoms with van der Waals surface area (Å²) in [6, 6.07) is 0. The second-order valence-corrected chi connectivity index (χ2v) is 9.57. The third-order valence-electron chi connectivity index (χ3n) is 6.01. The Morgan fingerprint density at radius 3 is 1.72 bits per heavy atom. The first kappa shape index (κ1) is 35.9. The molecule has 0 aromatic carbocycles. The van der Waals surface area contributed by atoms with Crippen molar-refractivity contribution in [1.29, 1.82) is 0 Å². The normalized spacial score (nSPS) is 10.6. The van der Waals surface area contributed by atoms with Gasteiger partial charge in [-0.3, -0.25) is 24.4 Å². The molecule has 0 unspecified atom stereocenters. The number of guanidine groups is 2. The summed E-state index contributed by atoms with van der Waals surface area (Å²) >= 11 is 0. The van der Waals surface area contributed by atoms with Crippen molar-refractivity contribution >= 4 is 29.6 Å². The van der Waals surface area contributed by atoms with Gasteiger partial charge >= 0.3 is 0 Å². The van der Waals surface area contributed by atoms with Gasteiger partial charge in [0.25, 0.3) is 0 Å². The van der Waals surface area contributed by atoms with Crippen molar-refractivity contribution in [2.75, 3.05) is 52.4 Å². The summed E-state index contributed by atoms with van der Waals surface area (Å²) < 4.78 is 0. The maximum absolute atomic E-state index is 12.7. The molecule has 0 heterocycles. The number of nitrogens with zero attached hydrogens (tertiary/aromatic N) is 3. The van der Waals surface area contributed by atoms with Crippen LogP contribution in [0, 0.1) is 5.92 Å². The highest BCUT2D eigenvalue weighted by atomic mass is 16.2. The maximum atomic E-state index is 12.7. The largest absolute Gasteiger partial charge is 0.370 e. The number of hydrogen-bond acceptors (Lipinski definition) is 6. The first-order valence-corrected chi connectivity index (χ1v) is 14.3. The molecular weight excluding hydrogens is 500 g/mol. The van der Waals surface area contributed by atoms with Gasteiger partial charge in [-0.1, -0.05) is 26.7 Å². The predicted octanol–water partition coefficient (Wildman–Crippen LogP) is -0.259. The van der Waals surface area contributed by atoms with E-state index in [0.29, 0.717) is 52.1 Å². The average molecular weight is 555 g/mol. The van der Waals surface area contributed by atoms with Crippen LogP contribution in [0.25, 0.3) is 0 Å². The van der Waals surface area contributed by atoms with Crippen molar-refractivity contribution in [3.63, 3.8) is 0 Å². The van der Waals surface area contributed by atoms with Crippen LogP contribution in [0.4, 0.5) is 0 Å². The number of nitrogens with two attached hydrogens (primary N) is 4. The first-order valence-electron chi connectivity index (χ1n) is 14.3. The molecule has 0 aromatic rings. The van der Waals surface area contributed by atoms with Crippen LogP contribution in [0.3, 0.4) is 0 Å². The fraction of sp³-hybridized carbons (Fsp3) is 0.808. The van der Waals surface area contributed by atoms with Crippen LogP contribution in [0.2, 0.25) is 0 Å². The predicted molar refractivity (Wildman–Crippen MR) is 158 cm³/mol. The number of aliphatic imine (C=N–C) groups is 2. The Labute approximate surface area is 234 Å². The molecule has 226 valence electrons. The van der Waals surface area contributed by atoms with Crippen LogP contribution in [0.1, 0.15) is 78.1 Å². The molecule has 0 bridgehead atoms. The van der Waals surface area contributed by atoms with Gasteiger partial charge in [-0.05, 0) is 51.6 Å². The quantitative estimate of drug-likeness (QED) is 0.0477. The van der Waals surface area contributed by atoms with Crippen molar-refractivity contribution in [1.82, 2.24) is 20.9 Å². The Balaban J connectivity index is 4.09. The summed E-state index contributed by atoms with van der Waals surface area (Å²) in [5.41, 5.74) is 21.4. The van der Waals surface area contributed by atoms with Crippen LogP contribution in [0.5, 0.6) is 0 Å². The molecule has 0 aliphatic heterocycles. The topological polar surface area (TPSA) is 219 Å². The third-order valence-corrected chi connectivity index (χ3v) is 6.01. The molecule has 0 saturated heterocycles. The number of nitrogens with one attached hydrogen (secondary N) is 3. The Morgan fingerprint density at radius 1 is 0.718 bits per heavy atom. The zero-order chi connectivity index (χ0) is 29.3. The number of amides is 3. The van der Waals surface area contributed by atoms with Gasteiger partial charge in [0.2, 0.25) is 17.7 Å². The van der Waals surface area contributed by atoms with E-state index in [4.69, 9.17) is 22.9 Å². The van der Waals surface area contributed by atoms with Crippen molar-refractivity contribution < 1.29 is 14.4 Å². The van der Waals surface area contributed by atoms with Gasteiger partial charge < -0.3 is 43.8 Å². The summed E-state index contributed by atoms with van der Waals surface area (Å²) in [5.74, 6) is 0.0602. The van der Waals surface area contributed by atoms with E-state index in [0.717, 1.165) is 51.6 Å².